The molecule has 7 nitrogen and oxygen atoms in total. The second kappa shape index (κ2) is 9.21. The molecule has 0 aromatic heterocycles. The lowest BCUT2D eigenvalue weighted by Crippen LogP contribution is -2.43. The monoisotopic (exact) mass is 365 g/mol. The number of anilines is 1. The van der Waals surface area contributed by atoms with E-state index in [0.717, 1.165) is 31.9 Å². The summed E-state index contributed by atoms with van der Waals surface area (Å²) < 4.78 is 5.13. The maximum absolute atomic E-state index is 11.6. The normalized spacial score (nSPS) is 17.5. The van der Waals surface area contributed by atoms with E-state index in [2.05, 4.69) is 15.5 Å². The number of carbonyl (C=O) groups is 1. The second-order valence-electron chi connectivity index (χ2n) is 7.56. The minimum Gasteiger partial charge on any atom is -0.444 e. The molecule has 1 aliphatic heterocycles. The highest BCUT2D eigenvalue weighted by molar-refractivity contribution is 5.67. The molecule has 0 bridgehead atoms. The predicted molar refractivity (Wildman–Crippen MR) is 101 cm³/mol. The van der Waals surface area contributed by atoms with Gasteiger partial charge in [-0.15, -0.1) is 0 Å². The number of aliphatic hydroxyl groups is 2. The van der Waals surface area contributed by atoms with Crippen LogP contribution in [0, 0.1) is 0 Å². The molecular weight excluding hydrogens is 334 g/mol. The standard InChI is InChI=1S/C19H31N3O4/c1-19(2,3)26-18(25)21-9-8-16(23)17(24)14-4-6-15(7-5-14)22-12-10-20-11-13-22/h4-7,16-17,20,23-24H,8-13H2,1-3H3,(H,21,25). The number of carbonyl (C=O) groups excluding carboxylic acids is 1. The molecule has 1 fully saturated rings. The Hall–Kier alpha value is -1.83. The fourth-order valence-electron chi connectivity index (χ4n) is 2.82. The van der Waals surface area contributed by atoms with E-state index < -0.39 is 23.9 Å². The Morgan fingerprint density at radius 3 is 2.42 bits per heavy atom. The van der Waals surface area contributed by atoms with Crippen LogP contribution in [0.2, 0.25) is 0 Å². The molecule has 1 saturated heterocycles. The SMILES string of the molecule is CC(C)(C)OC(=O)NCCC(O)C(O)c1ccc(N2CCNCC2)cc1. The van der Waals surface area contributed by atoms with Crippen LogP contribution in [0.4, 0.5) is 10.5 Å². The van der Waals surface area contributed by atoms with Crippen molar-refractivity contribution < 1.29 is 19.7 Å². The number of hydrogen-bond donors (Lipinski definition) is 4. The van der Waals surface area contributed by atoms with Crippen molar-refractivity contribution in [2.45, 2.75) is 45.0 Å². The van der Waals surface area contributed by atoms with E-state index in [-0.39, 0.29) is 13.0 Å². The van der Waals surface area contributed by atoms with Crippen LogP contribution in [0.5, 0.6) is 0 Å². The van der Waals surface area contributed by atoms with Crippen LogP contribution >= 0.6 is 0 Å². The summed E-state index contributed by atoms with van der Waals surface area (Å²) in [7, 11) is 0. The van der Waals surface area contributed by atoms with Crippen molar-refractivity contribution in [1.82, 2.24) is 10.6 Å². The first-order chi connectivity index (χ1) is 12.3. The Kier molecular flexibility index (Phi) is 7.25. The van der Waals surface area contributed by atoms with Crippen LogP contribution < -0.4 is 15.5 Å². The molecule has 2 atom stereocenters. The molecule has 1 amide bonds. The van der Waals surface area contributed by atoms with E-state index >= 15 is 0 Å². The number of ether oxygens (including phenoxy) is 1. The number of amides is 1. The van der Waals surface area contributed by atoms with Crippen LogP contribution in [-0.2, 0) is 4.74 Å². The van der Waals surface area contributed by atoms with Gasteiger partial charge in [0.25, 0.3) is 0 Å². The summed E-state index contributed by atoms with van der Waals surface area (Å²) in [5, 5.41) is 26.4. The number of aliphatic hydroxyl groups excluding tert-OH is 2. The zero-order valence-corrected chi connectivity index (χ0v) is 15.9. The Bertz CT molecular complexity index is 565. The van der Waals surface area contributed by atoms with E-state index in [0.29, 0.717) is 5.56 Å². The molecule has 2 unspecified atom stereocenters. The molecule has 1 heterocycles. The van der Waals surface area contributed by atoms with Crippen LogP contribution in [0.25, 0.3) is 0 Å². The highest BCUT2D eigenvalue weighted by atomic mass is 16.6. The molecule has 1 aromatic carbocycles. The molecule has 7 heteroatoms. The van der Waals surface area contributed by atoms with E-state index in [1.165, 1.54) is 0 Å². The number of alkyl carbamates (subject to hydrolysis) is 1. The molecular formula is C19H31N3O4. The van der Waals surface area contributed by atoms with Crippen molar-refractivity contribution in [3.8, 4) is 0 Å². The number of piperazine rings is 1. The van der Waals surface area contributed by atoms with Gasteiger partial charge in [0.1, 0.15) is 11.7 Å². The highest BCUT2D eigenvalue weighted by Gasteiger charge is 2.20. The average Bonchev–Trinajstić information content (AvgIpc) is 2.60. The number of benzene rings is 1. The van der Waals surface area contributed by atoms with Crippen molar-refractivity contribution in [3.63, 3.8) is 0 Å². The van der Waals surface area contributed by atoms with Gasteiger partial charge in [0.15, 0.2) is 0 Å². The lowest BCUT2D eigenvalue weighted by atomic mass is 10.0. The topological polar surface area (TPSA) is 94.1 Å². The zero-order valence-electron chi connectivity index (χ0n) is 15.9. The molecule has 0 spiro atoms. The Balaban J connectivity index is 1.80. The molecule has 4 N–H and O–H groups in total. The number of rotatable bonds is 6. The van der Waals surface area contributed by atoms with Crippen molar-refractivity contribution in [2.24, 2.45) is 0 Å². The second-order valence-corrected chi connectivity index (χ2v) is 7.56. The molecule has 2 rings (SSSR count). The third-order valence-electron chi connectivity index (χ3n) is 4.19. The number of hydrogen-bond acceptors (Lipinski definition) is 6. The summed E-state index contributed by atoms with van der Waals surface area (Å²) in [5.74, 6) is 0. The van der Waals surface area contributed by atoms with Crippen molar-refractivity contribution in [3.05, 3.63) is 29.8 Å². The van der Waals surface area contributed by atoms with Crippen LogP contribution in [0.15, 0.2) is 24.3 Å². The van der Waals surface area contributed by atoms with Crippen molar-refractivity contribution in [2.75, 3.05) is 37.6 Å². The summed E-state index contributed by atoms with van der Waals surface area (Å²) in [5.41, 5.74) is 1.21. The third-order valence-corrected chi connectivity index (χ3v) is 4.19. The molecule has 26 heavy (non-hydrogen) atoms. The summed E-state index contributed by atoms with van der Waals surface area (Å²) >= 11 is 0. The minimum atomic E-state index is -0.993. The summed E-state index contributed by atoms with van der Waals surface area (Å²) in [6, 6.07) is 7.62. The summed E-state index contributed by atoms with van der Waals surface area (Å²) in [4.78, 5) is 13.9. The van der Waals surface area contributed by atoms with Gasteiger partial charge in [0.05, 0.1) is 6.10 Å². The molecule has 146 valence electrons. The van der Waals surface area contributed by atoms with Crippen LogP contribution in [0.3, 0.4) is 0 Å². The van der Waals surface area contributed by atoms with Gasteiger partial charge in [-0.3, -0.25) is 0 Å². The quantitative estimate of drug-likeness (QED) is 0.609. The average molecular weight is 365 g/mol. The maximum Gasteiger partial charge on any atom is 0.407 e. The first-order valence-electron chi connectivity index (χ1n) is 9.15. The summed E-state index contributed by atoms with van der Waals surface area (Å²) in [6.07, 6.45) is -2.25. The number of nitrogens with one attached hydrogen (secondary N) is 2. The lowest BCUT2D eigenvalue weighted by molar-refractivity contribution is 0.0123. The van der Waals surface area contributed by atoms with Crippen molar-refractivity contribution >= 4 is 11.8 Å². The van der Waals surface area contributed by atoms with Crippen LogP contribution in [0.1, 0.15) is 38.9 Å². The Labute approximate surface area is 155 Å². The first kappa shape index (κ1) is 20.5. The predicted octanol–water partition coefficient (Wildman–Crippen LogP) is 1.41. The molecule has 0 saturated carbocycles. The number of nitrogens with zero attached hydrogens (tertiary/aromatic N) is 1. The largest absolute Gasteiger partial charge is 0.444 e. The van der Waals surface area contributed by atoms with E-state index in [1.54, 1.807) is 20.8 Å². The van der Waals surface area contributed by atoms with E-state index in [9.17, 15) is 15.0 Å². The minimum absolute atomic E-state index is 0.228. The van der Waals surface area contributed by atoms with Gasteiger partial charge < -0.3 is 30.5 Å². The fourth-order valence-corrected chi connectivity index (χ4v) is 2.82. The molecule has 1 aromatic rings. The first-order valence-corrected chi connectivity index (χ1v) is 9.15. The summed E-state index contributed by atoms with van der Waals surface area (Å²) in [6.45, 7) is 9.44. The Morgan fingerprint density at radius 1 is 1.23 bits per heavy atom. The highest BCUT2D eigenvalue weighted by Crippen LogP contribution is 2.23. The maximum atomic E-state index is 11.6. The third kappa shape index (κ3) is 6.48. The van der Waals surface area contributed by atoms with Gasteiger partial charge in [-0.1, -0.05) is 12.1 Å². The molecule has 0 aliphatic carbocycles. The smallest absolute Gasteiger partial charge is 0.407 e. The van der Waals surface area contributed by atoms with Gasteiger partial charge in [-0.2, -0.15) is 0 Å². The molecule has 1 aliphatic rings. The Morgan fingerprint density at radius 2 is 1.85 bits per heavy atom. The molecule has 0 radical (unpaired) electrons. The fraction of sp³-hybridized carbons (Fsp3) is 0.632. The lowest BCUT2D eigenvalue weighted by Gasteiger charge is -2.29. The van der Waals surface area contributed by atoms with Crippen molar-refractivity contribution in [1.29, 1.82) is 0 Å². The van der Waals surface area contributed by atoms with E-state index in [1.807, 2.05) is 24.3 Å². The van der Waals surface area contributed by atoms with Gasteiger partial charge in [0, 0.05) is 38.4 Å². The van der Waals surface area contributed by atoms with Gasteiger partial charge in [-0.05, 0) is 44.9 Å². The zero-order chi connectivity index (χ0) is 19.2. The van der Waals surface area contributed by atoms with Crippen LogP contribution in [-0.4, -0.2) is 60.7 Å². The van der Waals surface area contributed by atoms with Gasteiger partial charge in [-0.25, -0.2) is 4.79 Å². The van der Waals surface area contributed by atoms with E-state index in [4.69, 9.17) is 4.74 Å². The van der Waals surface area contributed by atoms with Gasteiger partial charge in [0.2, 0.25) is 0 Å². The van der Waals surface area contributed by atoms with Gasteiger partial charge >= 0.3 is 6.09 Å².